The minimum absolute atomic E-state index is 0.545. The van der Waals surface area contributed by atoms with E-state index >= 15 is 0 Å². The lowest BCUT2D eigenvalue weighted by molar-refractivity contribution is 0.101. The molecule has 0 radical (unpaired) electrons. The Morgan fingerprint density at radius 2 is 2.24 bits per heavy atom. The lowest BCUT2D eigenvalue weighted by Gasteiger charge is -2.19. The van der Waals surface area contributed by atoms with Gasteiger partial charge < -0.3 is 10.1 Å². The number of nitrogens with one attached hydrogen (secondary N) is 1. The second-order valence-corrected chi connectivity index (χ2v) is 6.35. The van der Waals surface area contributed by atoms with Crippen LogP contribution >= 0.6 is 0 Å². The van der Waals surface area contributed by atoms with Crippen molar-refractivity contribution in [3.8, 4) is 0 Å². The fourth-order valence-electron chi connectivity index (χ4n) is 3.31. The van der Waals surface area contributed by atoms with Crippen LogP contribution in [-0.4, -0.2) is 25.3 Å². The molecule has 0 bridgehead atoms. The molecule has 0 saturated carbocycles. The highest BCUT2D eigenvalue weighted by molar-refractivity contribution is 5.22. The molecule has 1 aliphatic heterocycles. The Morgan fingerprint density at radius 1 is 1.33 bits per heavy atom. The largest absolute Gasteiger partial charge is 0.378 e. The van der Waals surface area contributed by atoms with E-state index in [4.69, 9.17) is 4.74 Å². The van der Waals surface area contributed by atoms with Crippen LogP contribution < -0.4 is 5.32 Å². The summed E-state index contributed by atoms with van der Waals surface area (Å²) in [5.41, 5.74) is 2.84. The van der Waals surface area contributed by atoms with Crippen LogP contribution in [0.5, 0.6) is 0 Å². The van der Waals surface area contributed by atoms with Crippen LogP contribution in [0.15, 0.2) is 24.3 Å². The first-order valence-corrected chi connectivity index (χ1v) is 8.68. The Morgan fingerprint density at radius 3 is 2.95 bits per heavy atom. The molecule has 2 heteroatoms. The molecular formula is C19H31NO. The van der Waals surface area contributed by atoms with Crippen LogP contribution in [0.25, 0.3) is 0 Å². The molecule has 2 rings (SSSR count). The van der Waals surface area contributed by atoms with Crippen LogP contribution in [0.1, 0.15) is 56.6 Å². The van der Waals surface area contributed by atoms with Crippen molar-refractivity contribution < 1.29 is 4.74 Å². The monoisotopic (exact) mass is 289 g/mol. The summed E-state index contributed by atoms with van der Waals surface area (Å²) in [7, 11) is 0. The first-order chi connectivity index (χ1) is 10.3. The van der Waals surface area contributed by atoms with E-state index in [0.717, 1.165) is 13.2 Å². The molecule has 1 N–H and O–H groups in total. The molecule has 1 saturated heterocycles. The van der Waals surface area contributed by atoms with Gasteiger partial charge in [0, 0.05) is 12.6 Å². The Kier molecular flexibility index (Phi) is 7.25. The summed E-state index contributed by atoms with van der Waals surface area (Å²) in [6, 6.07) is 9.56. The number of ether oxygens (including phenoxy) is 1. The third-order valence-electron chi connectivity index (χ3n) is 4.46. The molecule has 2 atom stereocenters. The predicted molar refractivity (Wildman–Crippen MR) is 89.8 cm³/mol. The number of hydrogen-bond acceptors (Lipinski definition) is 2. The fraction of sp³-hybridized carbons (Fsp3) is 0.684. The molecule has 0 spiro atoms. The van der Waals surface area contributed by atoms with E-state index in [9.17, 15) is 0 Å². The van der Waals surface area contributed by atoms with Crippen molar-refractivity contribution in [2.45, 2.75) is 70.9 Å². The van der Waals surface area contributed by atoms with Crippen LogP contribution in [0, 0.1) is 6.92 Å². The van der Waals surface area contributed by atoms with Gasteiger partial charge in [0.2, 0.25) is 0 Å². The molecular weight excluding hydrogens is 258 g/mol. The molecule has 0 amide bonds. The zero-order chi connectivity index (χ0) is 14.9. The third-order valence-corrected chi connectivity index (χ3v) is 4.46. The zero-order valence-corrected chi connectivity index (χ0v) is 13.7. The summed E-state index contributed by atoms with van der Waals surface area (Å²) in [6.45, 7) is 6.43. The summed E-state index contributed by atoms with van der Waals surface area (Å²) < 4.78 is 5.72. The SMILES string of the molecule is CCNC(CCCC1CCCO1)CCc1cccc(C)c1. The van der Waals surface area contributed by atoms with E-state index in [-0.39, 0.29) is 0 Å². The Balaban J connectivity index is 1.70. The number of benzene rings is 1. The van der Waals surface area contributed by atoms with Gasteiger partial charge in [-0.15, -0.1) is 0 Å². The van der Waals surface area contributed by atoms with E-state index in [2.05, 4.69) is 43.4 Å². The van der Waals surface area contributed by atoms with Crippen molar-refractivity contribution in [1.82, 2.24) is 5.32 Å². The number of rotatable bonds is 9. The molecule has 1 aromatic carbocycles. The quantitative estimate of drug-likeness (QED) is 0.733. The van der Waals surface area contributed by atoms with Crippen molar-refractivity contribution in [3.05, 3.63) is 35.4 Å². The van der Waals surface area contributed by atoms with Gasteiger partial charge in [0.15, 0.2) is 0 Å². The van der Waals surface area contributed by atoms with E-state index in [1.165, 1.54) is 56.1 Å². The average Bonchev–Trinajstić information content (AvgIpc) is 2.98. The van der Waals surface area contributed by atoms with E-state index in [1.54, 1.807) is 0 Å². The topological polar surface area (TPSA) is 21.3 Å². The third kappa shape index (κ3) is 6.19. The second-order valence-electron chi connectivity index (χ2n) is 6.35. The van der Waals surface area contributed by atoms with Crippen LogP contribution in [0.3, 0.4) is 0 Å². The van der Waals surface area contributed by atoms with Crippen molar-refractivity contribution in [1.29, 1.82) is 0 Å². The highest BCUT2D eigenvalue weighted by Crippen LogP contribution is 2.19. The minimum Gasteiger partial charge on any atom is -0.378 e. The second kappa shape index (κ2) is 9.22. The molecule has 118 valence electrons. The normalized spacial score (nSPS) is 19.8. The average molecular weight is 289 g/mol. The molecule has 1 aromatic rings. The van der Waals surface area contributed by atoms with Crippen molar-refractivity contribution in [2.24, 2.45) is 0 Å². The standard InChI is InChI=1S/C19H31NO/c1-3-20-18(9-5-10-19-11-6-14-21-19)13-12-17-8-4-7-16(2)15-17/h4,7-8,15,18-20H,3,5-6,9-14H2,1-2H3. The van der Waals surface area contributed by atoms with Gasteiger partial charge >= 0.3 is 0 Å². The predicted octanol–water partition coefficient (Wildman–Crippen LogP) is 4.26. The number of hydrogen-bond donors (Lipinski definition) is 1. The highest BCUT2D eigenvalue weighted by Gasteiger charge is 2.16. The van der Waals surface area contributed by atoms with E-state index < -0.39 is 0 Å². The minimum atomic E-state index is 0.545. The van der Waals surface area contributed by atoms with Gasteiger partial charge in [-0.25, -0.2) is 0 Å². The first kappa shape index (κ1) is 16.5. The highest BCUT2D eigenvalue weighted by atomic mass is 16.5. The summed E-state index contributed by atoms with van der Waals surface area (Å²) in [6.07, 6.45) is 9.30. The van der Waals surface area contributed by atoms with Crippen LogP contribution in [-0.2, 0) is 11.2 Å². The summed E-state index contributed by atoms with van der Waals surface area (Å²) in [4.78, 5) is 0. The molecule has 0 aromatic heterocycles. The van der Waals surface area contributed by atoms with E-state index in [0.29, 0.717) is 12.1 Å². The molecule has 1 fully saturated rings. The van der Waals surface area contributed by atoms with Crippen LogP contribution in [0.2, 0.25) is 0 Å². The van der Waals surface area contributed by atoms with Gasteiger partial charge in [-0.1, -0.05) is 36.8 Å². The molecule has 2 unspecified atom stereocenters. The smallest absolute Gasteiger partial charge is 0.0576 e. The van der Waals surface area contributed by atoms with Crippen molar-refractivity contribution in [2.75, 3.05) is 13.2 Å². The molecule has 1 heterocycles. The van der Waals surface area contributed by atoms with Gasteiger partial charge in [-0.2, -0.15) is 0 Å². The maximum atomic E-state index is 5.72. The lowest BCUT2D eigenvalue weighted by atomic mass is 9.98. The van der Waals surface area contributed by atoms with Gasteiger partial charge in [0.25, 0.3) is 0 Å². The Labute approximate surface area is 130 Å². The maximum Gasteiger partial charge on any atom is 0.0576 e. The van der Waals surface area contributed by atoms with Crippen LogP contribution in [0.4, 0.5) is 0 Å². The van der Waals surface area contributed by atoms with Gasteiger partial charge in [-0.05, 0) is 64.0 Å². The van der Waals surface area contributed by atoms with Gasteiger partial charge in [0.1, 0.15) is 0 Å². The Hall–Kier alpha value is -0.860. The van der Waals surface area contributed by atoms with Crippen molar-refractivity contribution in [3.63, 3.8) is 0 Å². The number of aryl methyl sites for hydroxylation is 2. The summed E-state index contributed by atoms with van der Waals surface area (Å²) in [5.74, 6) is 0. The van der Waals surface area contributed by atoms with Gasteiger partial charge in [-0.3, -0.25) is 0 Å². The zero-order valence-electron chi connectivity index (χ0n) is 13.7. The maximum absolute atomic E-state index is 5.72. The molecule has 21 heavy (non-hydrogen) atoms. The molecule has 1 aliphatic rings. The Bertz CT molecular complexity index is 398. The first-order valence-electron chi connectivity index (χ1n) is 8.68. The van der Waals surface area contributed by atoms with Crippen molar-refractivity contribution >= 4 is 0 Å². The summed E-state index contributed by atoms with van der Waals surface area (Å²) in [5, 5.41) is 3.65. The van der Waals surface area contributed by atoms with Gasteiger partial charge in [0.05, 0.1) is 6.10 Å². The molecule has 2 nitrogen and oxygen atoms in total. The lowest BCUT2D eigenvalue weighted by Crippen LogP contribution is -2.29. The van der Waals surface area contributed by atoms with E-state index in [1.807, 2.05) is 0 Å². The summed E-state index contributed by atoms with van der Waals surface area (Å²) >= 11 is 0. The fourth-order valence-corrected chi connectivity index (χ4v) is 3.31. The molecule has 0 aliphatic carbocycles.